The molecule has 0 bridgehead atoms. The smallest absolute Gasteiger partial charge is 0.0946 e. The molecule has 0 radical (unpaired) electrons. The molecule has 3 unspecified atom stereocenters. The molecule has 0 amide bonds. The van der Waals surface area contributed by atoms with Crippen LogP contribution in [0.1, 0.15) is 52.0 Å². The fourth-order valence-corrected chi connectivity index (χ4v) is 5.82. The third kappa shape index (κ3) is 5.13. The highest BCUT2D eigenvalue weighted by Crippen LogP contribution is 2.46. The van der Waals surface area contributed by atoms with Gasteiger partial charge in [-0.1, -0.05) is 63.9 Å². The lowest BCUT2D eigenvalue weighted by molar-refractivity contribution is 0.102. The van der Waals surface area contributed by atoms with Crippen LogP contribution >= 0.6 is 11.8 Å². The van der Waals surface area contributed by atoms with E-state index in [9.17, 15) is 0 Å². The fraction of sp³-hybridized carbons (Fsp3) is 0.591. The van der Waals surface area contributed by atoms with Gasteiger partial charge in [-0.05, 0) is 35.7 Å². The van der Waals surface area contributed by atoms with Crippen LogP contribution in [0.2, 0.25) is 0 Å². The highest BCUT2D eigenvalue weighted by molar-refractivity contribution is 7.99. The first-order valence-electron chi connectivity index (χ1n) is 9.65. The molecule has 1 heterocycles. The Kier molecular flexibility index (Phi) is 6.27. The van der Waals surface area contributed by atoms with Crippen molar-refractivity contribution in [3.8, 4) is 0 Å². The predicted molar refractivity (Wildman–Crippen MR) is 109 cm³/mol. The first-order valence-corrected chi connectivity index (χ1v) is 10.7. The van der Waals surface area contributed by atoms with Gasteiger partial charge in [0.1, 0.15) is 0 Å². The normalized spacial score (nSPS) is 22.7. The Morgan fingerprint density at radius 2 is 1.92 bits per heavy atom. The molecule has 136 valence electrons. The van der Waals surface area contributed by atoms with E-state index in [0.717, 1.165) is 24.1 Å². The molecular weight excluding hydrogens is 324 g/mol. The monoisotopic (exact) mass is 356 g/mol. The SMILES string of the molecule is CC(C)(C)C1CCCCC1C(Cn1ccnc1)SCc1ccccc1. The second kappa shape index (κ2) is 8.44. The Hall–Kier alpha value is -1.22. The minimum absolute atomic E-state index is 0.394. The van der Waals surface area contributed by atoms with Crippen LogP contribution in [0.4, 0.5) is 0 Å². The van der Waals surface area contributed by atoms with Crippen molar-refractivity contribution in [1.29, 1.82) is 0 Å². The molecule has 2 aromatic rings. The lowest BCUT2D eigenvalue weighted by Gasteiger charge is -2.44. The third-order valence-corrected chi connectivity index (χ3v) is 7.09. The molecule has 3 heteroatoms. The molecule has 1 aliphatic rings. The van der Waals surface area contributed by atoms with Crippen LogP contribution in [-0.2, 0) is 12.3 Å². The first-order chi connectivity index (χ1) is 12.0. The number of hydrogen-bond donors (Lipinski definition) is 0. The molecule has 3 rings (SSSR count). The summed E-state index contributed by atoms with van der Waals surface area (Å²) in [4.78, 5) is 4.26. The van der Waals surface area contributed by atoms with E-state index in [1.165, 1.54) is 31.2 Å². The molecule has 0 saturated heterocycles. The maximum absolute atomic E-state index is 4.26. The van der Waals surface area contributed by atoms with Crippen molar-refractivity contribution in [1.82, 2.24) is 9.55 Å². The lowest BCUT2D eigenvalue weighted by Crippen LogP contribution is -2.38. The number of rotatable bonds is 6. The molecular formula is C22H32N2S. The summed E-state index contributed by atoms with van der Waals surface area (Å²) < 4.78 is 2.27. The van der Waals surface area contributed by atoms with Crippen LogP contribution in [-0.4, -0.2) is 14.8 Å². The predicted octanol–water partition coefficient (Wildman–Crippen LogP) is 6.04. The summed E-state index contributed by atoms with van der Waals surface area (Å²) in [5.74, 6) is 2.72. The minimum atomic E-state index is 0.394. The van der Waals surface area contributed by atoms with Gasteiger partial charge in [-0.3, -0.25) is 0 Å². The Bertz CT molecular complexity index is 615. The molecule has 3 atom stereocenters. The van der Waals surface area contributed by atoms with Crippen molar-refractivity contribution >= 4 is 11.8 Å². The second-order valence-corrected chi connectivity index (χ2v) is 9.74. The standard InChI is InChI=1S/C22H32N2S/c1-22(2,3)20-12-8-7-11-19(20)21(15-24-14-13-23-17-24)25-16-18-9-5-4-6-10-18/h4-6,9-10,13-14,17,19-21H,7-8,11-12,15-16H2,1-3H3. The Morgan fingerprint density at radius 3 is 2.60 bits per heavy atom. The molecule has 1 saturated carbocycles. The number of benzene rings is 1. The first kappa shape index (κ1) is 18.6. The van der Waals surface area contributed by atoms with E-state index in [0.29, 0.717) is 10.7 Å². The van der Waals surface area contributed by atoms with Gasteiger partial charge in [-0.2, -0.15) is 11.8 Å². The van der Waals surface area contributed by atoms with Crippen LogP contribution in [0.5, 0.6) is 0 Å². The second-order valence-electron chi connectivity index (χ2n) is 8.52. The van der Waals surface area contributed by atoms with E-state index in [1.54, 1.807) is 0 Å². The van der Waals surface area contributed by atoms with Gasteiger partial charge >= 0.3 is 0 Å². The summed E-state index contributed by atoms with van der Waals surface area (Å²) in [6.45, 7) is 8.39. The molecule has 1 fully saturated rings. The number of thioether (sulfide) groups is 1. The highest BCUT2D eigenvalue weighted by Gasteiger charge is 2.38. The molecule has 0 spiro atoms. The largest absolute Gasteiger partial charge is 0.336 e. The van der Waals surface area contributed by atoms with Crippen LogP contribution in [0.15, 0.2) is 49.1 Å². The Morgan fingerprint density at radius 1 is 1.16 bits per heavy atom. The van der Waals surface area contributed by atoms with Crippen molar-refractivity contribution in [2.45, 2.75) is 64.0 Å². The molecule has 0 N–H and O–H groups in total. The molecule has 1 aromatic heterocycles. The van der Waals surface area contributed by atoms with Crippen LogP contribution in [0, 0.1) is 17.3 Å². The van der Waals surface area contributed by atoms with Crippen LogP contribution < -0.4 is 0 Å². The van der Waals surface area contributed by atoms with Gasteiger partial charge in [0.25, 0.3) is 0 Å². The van der Waals surface area contributed by atoms with Crippen molar-refractivity contribution in [2.75, 3.05) is 0 Å². The Labute approximate surface area is 157 Å². The summed E-state index contributed by atoms with van der Waals surface area (Å²) in [5, 5.41) is 0.652. The van der Waals surface area contributed by atoms with E-state index >= 15 is 0 Å². The van der Waals surface area contributed by atoms with E-state index < -0.39 is 0 Å². The highest BCUT2D eigenvalue weighted by atomic mass is 32.2. The van der Waals surface area contributed by atoms with E-state index in [4.69, 9.17) is 0 Å². The number of aromatic nitrogens is 2. The summed E-state index contributed by atoms with van der Waals surface area (Å²) >= 11 is 2.15. The quantitative estimate of drug-likeness (QED) is 0.628. The average molecular weight is 357 g/mol. The minimum Gasteiger partial charge on any atom is -0.336 e. The summed E-state index contributed by atoms with van der Waals surface area (Å²) in [6.07, 6.45) is 11.6. The molecule has 2 nitrogen and oxygen atoms in total. The van der Waals surface area contributed by atoms with Crippen molar-refractivity contribution in [2.24, 2.45) is 17.3 Å². The fourth-order valence-electron chi connectivity index (χ4n) is 4.37. The zero-order valence-corrected chi connectivity index (χ0v) is 16.7. The van der Waals surface area contributed by atoms with E-state index in [-0.39, 0.29) is 0 Å². The summed E-state index contributed by atoms with van der Waals surface area (Å²) in [7, 11) is 0. The summed E-state index contributed by atoms with van der Waals surface area (Å²) in [6, 6.07) is 10.9. The molecule has 1 aliphatic carbocycles. The van der Waals surface area contributed by atoms with Gasteiger partial charge in [0.05, 0.1) is 6.33 Å². The zero-order chi connectivity index (χ0) is 17.7. The van der Waals surface area contributed by atoms with Crippen LogP contribution in [0.25, 0.3) is 0 Å². The Balaban J connectivity index is 1.76. The maximum Gasteiger partial charge on any atom is 0.0946 e. The topological polar surface area (TPSA) is 17.8 Å². The van der Waals surface area contributed by atoms with Gasteiger partial charge in [0.15, 0.2) is 0 Å². The third-order valence-electron chi connectivity index (χ3n) is 5.67. The number of imidazole rings is 1. The van der Waals surface area contributed by atoms with Gasteiger partial charge in [-0.15, -0.1) is 0 Å². The molecule has 1 aromatic carbocycles. The molecule has 25 heavy (non-hydrogen) atoms. The number of hydrogen-bond acceptors (Lipinski definition) is 2. The van der Waals surface area contributed by atoms with Gasteiger partial charge < -0.3 is 4.57 Å². The van der Waals surface area contributed by atoms with Gasteiger partial charge in [0.2, 0.25) is 0 Å². The molecule has 0 aliphatic heterocycles. The zero-order valence-electron chi connectivity index (χ0n) is 15.9. The number of nitrogens with zero attached hydrogens (tertiary/aromatic N) is 2. The van der Waals surface area contributed by atoms with E-state index in [1.807, 2.05) is 12.5 Å². The van der Waals surface area contributed by atoms with Crippen molar-refractivity contribution in [3.05, 3.63) is 54.6 Å². The van der Waals surface area contributed by atoms with Crippen LogP contribution in [0.3, 0.4) is 0 Å². The van der Waals surface area contributed by atoms with Crippen molar-refractivity contribution in [3.63, 3.8) is 0 Å². The maximum atomic E-state index is 4.26. The van der Waals surface area contributed by atoms with Gasteiger partial charge in [-0.25, -0.2) is 4.98 Å². The van der Waals surface area contributed by atoms with Gasteiger partial charge in [0, 0.05) is 29.9 Å². The van der Waals surface area contributed by atoms with Crippen molar-refractivity contribution < 1.29 is 0 Å². The summed E-state index contributed by atoms with van der Waals surface area (Å²) in [5.41, 5.74) is 1.83. The van der Waals surface area contributed by atoms with E-state index in [2.05, 4.69) is 78.6 Å². The lowest BCUT2D eigenvalue weighted by atomic mass is 9.65. The average Bonchev–Trinajstić information content (AvgIpc) is 3.12.